The number of carbonyl (C=O) groups is 2. The van der Waals surface area contributed by atoms with Gasteiger partial charge in [0.2, 0.25) is 0 Å². The lowest BCUT2D eigenvalue weighted by molar-refractivity contribution is -0.125. The van der Waals surface area contributed by atoms with Crippen molar-refractivity contribution < 1.29 is 18.5 Å². The van der Waals surface area contributed by atoms with Crippen molar-refractivity contribution in [2.24, 2.45) is 5.92 Å². The first-order valence-electron chi connectivity index (χ1n) is 8.82. The first-order valence-corrected chi connectivity index (χ1v) is 10.4. The van der Waals surface area contributed by atoms with Gasteiger partial charge in [0, 0.05) is 6.26 Å². The molecule has 1 amide bonds. The van der Waals surface area contributed by atoms with Gasteiger partial charge >= 0.3 is 5.97 Å². The average molecular weight is 388 g/mol. The molecule has 144 valence electrons. The van der Waals surface area contributed by atoms with Gasteiger partial charge in [-0.3, -0.25) is 9.00 Å². The fourth-order valence-corrected chi connectivity index (χ4v) is 3.50. The zero-order chi connectivity index (χ0) is 19.8. The van der Waals surface area contributed by atoms with E-state index in [1.165, 1.54) is 6.26 Å². The monoisotopic (exact) mass is 387 g/mol. The molecule has 0 aliphatic rings. The Bertz CT molecular complexity index is 805. The maximum Gasteiger partial charge on any atom is 0.339 e. The summed E-state index contributed by atoms with van der Waals surface area (Å²) in [6.07, 6.45) is 2.27. The van der Waals surface area contributed by atoms with Gasteiger partial charge in [0.15, 0.2) is 6.61 Å². The van der Waals surface area contributed by atoms with Crippen LogP contribution in [0.15, 0.2) is 59.5 Å². The third-order valence-electron chi connectivity index (χ3n) is 4.00. The van der Waals surface area contributed by atoms with E-state index < -0.39 is 16.8 Å². The molecule has 0 unspecified atom stereocenters. The van der Waals surface area contributed by atoms with Crippen LogP contribution in [0, 0.1) is 5.92 Å². The maximum atomic E-state index is 12.3. The third-order valence-corrected chi connectivity index (χ3v) is 4.97. The lowest BCUT2D eigenvalue weighted by atomic mass is 9.97. The predicted molar refractivity (Wildman–Crippen MR) is 106 cm³/mol. The Balaban J connectivity index is 2.00. The molecule has 2 aromatic carbocycles. The van der Waals surface area contributed by atoms with Crippen LogP contribution in [0.4, 0.5) is 0 Å². The van der Waals surface area contributed by atoms with E-state index in [1.807, 2.05) is 30.3 Å². The number of carbonyl (C=O) groups excluding carboxylic acids is 2. The minimum absolute atomic E-state index is 0.146. The summed E-state index contributed by atoms with van der Waals surface area (Å²) in [6.45, 7) is 3.79. The Labute approximate surface area is 162 Å². The molecular weight excluding hydrogens is 362 g/mol. The fourth-order valence-electron chi connectivity index (χ4n) is 2.77. The number of rotatable bonds is 8. The minimum atomic E-state index is -1.32. The summed E-state index contributed by atoms with van der Waals surface area (Å²) in [5, 5.41) is 2.93. The van der Waals surface area contributed by atoms with E-state index in [0.717, 1.165) is 12.0 Å². The maximum absolute atomic E-state index is 12.3. The molecule has 0 aliphatic carbocycles. The zero-order valence-electron chi connectivity index (χ0n) is 15.8. The summed E-state index contributed by atoms with van der Waals surface area (Å²) < 4.78 is 16.9. The van der Waals surface area contributed by atoms with Crippen LogP contribution in [0.25, 0.3) is 0 Å². The highest BCUT2D eigenvalue weighted by Crippen LogP contribution is 2.21. The smallest absolute Gasteiger partial charge is 0.339 e. The molecule has 0 saturated carbocycles. The summed E-state index contributed by atoms with van der Waals surface area (Å²) in [7, 11) is -1.32. The molecule has 0 aromatic heterocycles. The molecule has 6 heteroatoms. The molecule has 0 bridgehead atoms. The zero-order valence-corrected chi connectivity index (χ0v) is 16.6. The van der Waals surface area contributed by atoms with Gasteiger partial charge in [-0.1, -0.05) is 56.3 Å². The number of esters is 1. The molecular formula is C21H25NO4S. The van der Waals surface area contributed by atoms with Crippen molar-refractivity contribution in [3.05, 3.63) is 65.7 Å². The third kappa shape index (κ3) is 6.32. The minimum Gasteiger partial charge on any atom is -0.452 e. The van der Waals surface area contributed by atoms with Gasteiger partial charge in [0.05, 0.1) is 27.3 Å². The van der Waals surface area contributed by atoms with Crippen LogP contribution in [0.2, 0.25) is 0 Å². The number of benzene rings is 2. The molecule has 1 N–H and O–H groups in total. The van der Waals surface area contributed by atoms with Crippen molar-refractivity contribution >= 4 is 22.7 Å². The fraction of sp³-hybridized carbons (Fsp3) is 0.333. The standard InChI is InChI=1S/C21H25NO4S/c1-15(2)13-18(16-9-5-4-6-10-16)22-20(23)14-26-21(24)17-11-7-8-12-19(17)27(3)25/h4-12,15,18H,13-14H2,1-3H3,(H,22,23)/t18-,27+/m1/s1. The number of hydrogen-bond donors (Lipinski definition) is 1. The van der Waals surface area contributed by atoms with E-state index in [9.17, 15) is 13.8 Å². The van der Waals surface area contributed by atoms with Gasteiger partial charge in [-0.25, -0.2) is 4.79 Å². The van der Waals surface area contributed by atoms with E-state index in [0.29, 0.717) is 10.8 Å². The van der Waals surface area contributed by atoms with Gasteiger partial charge in [-0.2, -0.15) is 0 Å². The van der Waals surface area contributed by atoms with E-state index in [4.69, 9.17) is 4.74 Å². The molecule has 0 radical (unpaired) electrons. The van der Waals surface area contributed by atoms with Gasteiger partial charge in [0.25, 0.3) is 5.91 Å². The van der Waals surface area contributed by atoms with Crippen molar-refractivity contribution in [3.8, 4) is 0 Å². The highest BCUT2D eigenvalue weighted by Gasteiger charge is 2.19. The summed E-state index contributed by atoms with van der Waals surface area (Å²) in [5.41, 5.74) is 1.23. The largest absolute Gasteiger partial charge is 0.452 e. The van der Waals surface area contributed by atoms with E-state index >= 15 is 0 Å². The van der Waals surface area contributed by atoms with Gasteiger partial charge in [0.1, 0.15) is 0 Å². The van der Waals surface area contributed by atoms with Crippen LogP contribution in [0.1, 0.15) is 42.2 Å². The van der Waals surface area contributed by atoms with Crippen molar-refractivity contribution in [3.63, 3.8) is 0 Å². The first-order chi connectivity index (χ1) is 12.9. The molecule has 2 aromatic rings. The summed E-state index contributed by atoms with van der Waals surface area (Å²) in [4.78, 5) is 25.0. The lowest BCUT2D eigenvalue weighted by Gasteiger charge is -2.21. The number of amides is 1. The van der Waals surface area contributed by atoms with Crippen LogP contribution in [0.3, 0.4) is 0 Å². The molecule has 2 rings (SSSR count). The van der Waals surface area contributed by atoms with Crippen molar-refractivity contribution in [1.82, 2.24) is 5.32 Å². The highest BCUT2D eigenvalue weighted by molar-refractivity contribution is 7.84. The number of hydrogen-bond acceptors (Lipinski definition) is 4. The second kappa shape index (κ2) is 10.0. The SMILES string of the molecule is CC(C)C[C@@H](NC(=O)COC(=O)c1ccccc1[S@](C)=O)c1ccccc1. The molecule has 0 heterocycles. The van der Waals surface area contributed by atoms with E-state index in [1.54, 1.807) is 24.3 Å². The average Bonchev–Trinajstić information content (AvgIpc) is 2.66. The number of nitrogens with one attached hydrogen (secondary N) is 1. The molecule has 5 nitrogen and oxygen atoms in total. The summed E-state index contributed by atoms with van der Waals surface area (Å²) in [5.74, 6) is -0.631. The van der Waals surface area contributed by atoms with Crippen LogP contribution < -0.4 is 5.32 Å². The first kappa shape index (κ1) is 20.8. The Morgan fingerprint density at radius 2 is 1.67 bits per heavy atom. The Morgan fingerprint density at radius 3 is 2.30 bits per heavy atom. The number of ether oxygens (including phenoxy) is 1. The Hall–Kier alpha value is -2.47. The van der Waals surface area contributed by atoms with Crippen molar-refractivity contribution in [2.45, 2.75) is 31.2 Å². The topological polar surface area (TPSA) is 72.5 Å². The second-order valence-electron chi connectivity index (χ2n) is 6.69. The van der Waals surface area contributed by atoms with Crippen LogP contribution >= 0.6 is 0 Å². The second-order valence-corrected chi connectivity index (χ2v) is 8.03. The van der Waals surface area contributed by atoms with Gasteiger partial charge < -0.3 is 10.1 Å². The highest BCUT2D eigenvalue weighted by atomic mass is 32.2. The van der Waals surface area contributed by atoms with E-state index in [-0.39, 0.29) is 24.1 Å². The van der Waals surface area contributed by atoms with E-state index in [2.05, 4.69) is 19.2 Å². The predicted octanol–water partition coefficient (Wildman–Crippen LogP) is 3.48. The summed E-state index contributed by atoms with van der Waals surface area (Å²) in [6, 6.07) is 16.1. The van der Waals surface area contributed by atoms with Crippen LogP contribution in [-0.2, 0) is 20.3 Å². The lowest BCUT2D eigenvalue weighted by Crippen LogP contribution is -2.33. The molecule has 0 spiro atoms. The van der Waals surface area contributed by atoms with Crippen LogP contribution in [0.5, 0.6) is 0 Å². The molecule has 2 atom stereocenters. The molecule has 0 fully saturated rings. The Kier molecular flexibility index (Phi) is 7.73. The quantitative estimate of drug-likeness (QED) is 0.704. The Morgan fingerprint density at radius 1 is 1.04 bits per heavy atom. The molecule has 27 heavy (non-hydrogen) atoms. The van der Waals surface area contributed by atoms with Crippen LogP contribution in [-0.4, -0.2) is 28.9 Å². The van der Waals surface area contributed by atoms with Gasteiger partial charge in [-0.05, 0) is 30.0 Å². The molecule has 0 aliphatic heterocycles. The normalized spacial score (nSPS) is 13.0. The summed E-state index contributed by atoms with van der Waals surface area (Å²) >= 11 is 0. The molecule has 0 saturated heterocycles. The van der Waals surface area contributed by atoms with Crippen molar-refractivity contribution in [1.29, 1.82) is 0 Å². The van der Waals surface area contributed by atoms with Gasteiger partial charge in [-0.15, -0.1) is 0 Å². The van der Waals surface area contributed by atoms with Crippen molar-refractivity contribution in [2.75, 3.05) is 12.9 Å².